The Balaban J connectivity index is 1.27. The van der Waals surface area contributed by atoms with Crippen molar-refractivity contribution in [2.75, 3.05) is 38.6 Å². The number of ether oxygens (including phenoxy) is 1. The van der Waals surface area contributed by atoms with Crippen molar-refractivity contribution in [1.29, 1.82) is 0 Å². The molecule has 0 spiro atoms. The molecule has 0 amide bonds. The average molecular weight is 463 g/mol. The van der Waals surface area contributed by atoms with Crippen molar-refractivity contribution in [3.63, 3.8) is 0 Å². The highest BCUT2D eigenvalue weighted by Crippen LogP contribution is 2.30. The zero-order valence-electron chi connectivity index (χ0n) is 18.3. The van der Waals surface area contributed by atoms with Crippen LogP contribution in [0.4, 0.5) is 5.95 Å². The topological polar surface area (TPSA) is 110 Å². The second kappa shape index (κ2) is 8.69. The average Bonchev–Trinajstić information content (AvgIpc) is 3.27. The van der Waals surface area contributed by atoms with Crippen molar-refractivity contribution in [2.24, 2.45) is 0 Å². The van der Waals surface area contributed by atoms with E-state index in [1.165, 1.54) is 4.31 Å². The molecule has 1 saturated carbocycles. The minimum atomic E-state index is -3.42. The van der Waals surface area contributed by atoms with Crippen LogP contribution in [-0.2, 0) is 14.9 Å². The van der Waals surface area contributed by atoms with E-state index in [1.54, 1.807) is 29.7 Å². The normalized spacial score (nSPS) is 22.4. The van der Waals surface area contributed by atoms with Crippen molar-refractivity contribution in [3.8, 4) is 0 Å². The molecule has 5 rings (SSSR count). The second-order valence-electron chi connectivity index (χ2n) is 8.95. The number of hydrogen-bond acceptors (Lipinski definition) is 7. The molecule has 2 aromatic heterocycles. The lowest BCUT2D eigenvalue weighted by molar-refractivity contribution is 0.00925. The van der Waals surface area contributed by atoms with Gasteiger partial charge in [-0.2, -0.15) is 22.0 Å². The monoisotopic (exact) mass is 462 g/mol. The number of rotatable bonds is 6. The smallest absolute Gasteiger partial charge is 0.282 e. The van der Waals surface area contributed by atoms with Crippen molar-refractivity contribution in [3.05, 3.63) is 28.7 Å². The summed E-state index contributed by atoms with van der Waals surface area (Å²) in [5, 5.41) is 4.22. The minimum absolute atomic E-state index is 0.00402. The van der Waals surface area contributed by atoms with Crippen molar-refractivity contribution in [1.82, 2.24) is 23.1 Å². The van der Waals surface area contributed by atoms with Gasteiger partial charge in [-0.05, 0) is 31.7 Å². The van der Waals surface area contributed by atoms with Crippen LogP contribution < -0.4 is 10.9 Å². The standard InChI is InChI=1S/C21H30N6O4S/c1-31-18-13-26(14-18)32(29,30)25-10-8-16(9-11-25)23-21-22-12-15-6-7-19(28)27(20(15)24-21)17-4-2-3-5-17/h6-7,12,16-18H,2-5,8-11,13-14H2,1H3,(H,22,23,24). The highest BCUT2D eigenvalue weighted by Gasteiger charge is 2.40. The third kappa shape index (κ3) is 4.02. The fourth-order valence-corrected chi connectivity index (χ4v) is 6.65. The summed E-state index contributed by atoms with van der Waals surface area (Å²) < 4.78 is 35.6. The Morgan fingerprint density at radius 2 is 1.78 bits per heavy atom. The second-order valence-corrected chi connectivity index (χ2v) is 10.9. The van der Waals surface area contributed by atoms with Gasteiger partial charge in [-0.15, -0.1) is 0 Å². The minimum Gasteiger partial charge on any atom is -0.379 e. The summed E-state index contributed by atoms with van der Waals surface area (Å²) >= 11 is 0. The van der Waals surface area contributed by atoms with E-state index in [0.717, 1.165) is 31.1 Å². The summed E-state index contributed by atoms with van der Waals surface area (Å²) in [5.41, 5.74) is 0.654. The molecule has 2 aliphatic heterocycles. The maximum Gasteiger partial charge on any atom is 0.282 e. The predicted molar refractivity (Wildman–Crippen MR) is 121 cm³/mol. The van der Waals surface area contributed by atoms with E-state index in [0.29, 0.717) is 50.6 Å². The molecule has 10 nitrogen and oxygen atoms in total. The van der Waals surface area contributed by atoms with E-state index < -0.39 is 10.2 Å². The summed E-state index contributed by atoms with van der Waals surface area (Å²) in [5.74, 6) is 0.488. The zero-order valence-corrected chi connectivity index (χ0v) is 19.1. The van der Waals surface area contributed by atoms with Gasteiger partial charge in [0, 0.05) is 63.0 Å². The molecule has 174 valence electrons. The van der Waals surface area contributed by atoms with Gasteiger partial charge in [-0.3, -0.25) is 9.36 Å². The Bertz CT molecular complexity index is 1130. The molecular weight excluding hydrogens is 432 g/mol. The van der Waals surface area contributed by atoms with Crippen molar-refractivity contribution < 1.29 is 13.2 Å². The molecule has 0 bridgehead atoms. The molecule has 32 heavy (non-hydrogen) atoms. The fourth-order valence-electron chi connectivity index (χ4n) is 4.94. The van der Waals surface area contributed by atoms with Crippen molar-refractivity contribution >= 4 is 27.2 Å². The van der Waals surface area contributed by atoms with E-state index in [9.17, 15) is 13.2 Å². The summed E-state index contributed by atoms with van der Waals surface area (Å²) in [6.45, 7) is 1.75. The maximum atomic E-state index is 12.8. The lowest BCUT2D eigenvalue weighted by atomic mass is 10.1. The Labute approximate surface area is 187 Å². The van der Waals surface area contributed by atoms with Gasteiger partial charge in [0.15, 0.2) is 0 Å². The van der Waals surface area contributed by atoms with Gasteiger partial charge in [0.1, 0.15) is 5.65 Å². The predicted octanol–water partition coefficient (Wildman–Crippen LogP) is 1.36. The quantitative estimate of drug-likeness (QED) is 0.690. The van der Waals surface area contributed by atoms with E-state index in [-0.39, 0.29) is 23.7 Å². The lowest BCUT2D eigenvalue weighted by Crippen LogP contribution is -2.59. The van der Waals surface area contributed by atoms with Crippen LogP contribution in [0.2, 0.25) is 0 Å². The third-order valence-corrected chi connectivity index (χ3v) is 8.91. The Morgan fingerprint density at radius 3 is 2.47 bits per heavy atom. The first-order chi connectivity index (χ1) is 15.5. The molecule has 2 saturated heterocycles. The molecule has 11 heteroatoms. The summed E-state index contributed by atoms with van der Waals surface area (Å²) in [4.78, 5) is 21.7. The first-order valence-electron chi connectivity index (χ1n) is 11.4. The molecule has 4 heterocycles. The molecule has 1 N–H and O–H groups in total. The van der Waals surface area contributed by atoms with Crippen LogP contribution in [0.1, 0.15) is 44.6 Å². The highest BCUT2D eigenvalue weighted by molar-refractivity contribution is 7.86. The number of nitrogens with zero attached hydrogens (tertiary/aromatic N) is 5. The SMILES string of the molecule is COC1CN(S(=O)(=O)N2CCC(Nc3ncc4ccc(=O)n(C5CCCC5)c4n3)CC2)C1. The number of fused-ring (bicyclic) bond motifs is 1. The molecule has 0 radical (unpaired) electrons. The van der Waals surface area contributed by atoms with Crippen LogP contribution in [0.25, 0.3) is 11.0 Å². The van der Waals surface area contributed by atoms with E-state index >= 15 is 0 Å². The summed E-state index contributed by atoms with van der Waals surface area (Å²) in [6, 6.07) is 3.65. The summed E-state index contributed by atoms with van der Waals surface area (Å²) in [6.07, 6.45) is 7.37. The number of hydrogen-bond donors (Lipinski definition) is 1. The van der Waals surface area contributed by atoms with Gasteiger partial charge in [-0.25, -0.2) is 4.98 Å². The van der Waals surface area contributed by atoms with Crippen LogP contribution in [0.3, 0.4) is 0 Å². The van der Waals surface area contributed by atoms with Gasteiger partial charge >= 0.3 is 0 Å². The lowest BCUT2D eigenvalue weighted by Gasteiger charge is -2.41. The maximum absolute atomic E-state index is 12.8. The first-order valence-corrected chi connectivity index (χ1v) is 12.8. The number of pyridine rings is 1. The largest absolute Gasteiger partial charge is 0.379 e. The first kappa shape index (κ1) is 21.7. The van der Waals surface area contributed by atoms with E-state index in [4.69, 9.17) is 9.72 Å². The number of nitrogens with one attached hydrogen (secondary N) is 1. The molecule has 3 aliphatic rings. The van der Waals surface area contributed by atoms with Gasteiger partial charge in [0.2, 0.25) is 5.95 Å². The van der Waals surface area contributed by atoms with Gasteiger partial charge in [0.25, 0.3) is 15.8 Å². The third-order valence-electron chi connectivity index (χ3n) is 6.94. The molecule has 0 unspecified atom stereocenters. The van der Waals surface area contributed by atoms with E-state index in [1.807, 2.05) is 4.57 Å². The fraction of sp³-hybridized carbons (Fsp3) is 0.667. The van der Waals surface area contributed by atoms with Crippen LogP contribution in [0, 0.1) is 0 Å². The van der Waals surface area contributed by atoms with Gasteiger partial charge in [-0.1, -0.05) is 12.8 Å². The molecule has 1 aliphatic carbocycles. The van der Waals surface area contributed by atoms with Crippen LogP contribution in [0.15, 0.2) is 23.1 Å². The summed E-state index contributed by atoms with van der Waals surface area (Å²) in [7, 11) is -1.82. The number of piperidine rings is 1. The molecule has 0 atom stereocenters. The molecule has 0 aromatic carbocycles. The van der Waals surface area contributed by atoms with E-state index in [2.05, 4.69) is 10.3 Å². The van der Waals surface area contributed by atoms with Gasteiger partial charge in [0.05, 0.1) is 6.10 Å². The van der Waals surface area contributed by atoms with Crippen LogP contribution in [0.5, 0.6) is 0 Å². The molecule has 2 aromatic rings. The van der Waals surface area contributed by atoms with Gasteiger partial charge < -0.3 is 10.1 Å². The number of aromatic nitrogens is 3. The highest BCUT2D eigenvalue weighted by atomic mass is 32.2. The Hall–Kier alpha value is -2.08. The Kier molecular flexibility index (Phi) is 5.91. The van der Waals surface area contributed by atoms with Crippen LogP contribution in [-0.4, -0.2) is 77.0 Å². The number of anilines is 1. The number of methoxy groups -OCH3 is 1. The molecule has 3 fully saturated rings. The molecular formula is C21H30N6O4S. The zero-order chi connectivity index (χ0) is 22.3. The van der Waals surface area contributed by atoms with Crippen molar-refractivity contribution in [2.45, 2.75) is 56.7 Å². The Morgan fingerprint density at radius 1 is 1.06 bits per heavy atom. The van der Waals surface area contributed by atoms with Crippen LogP contribution >= 0.6 is 0 Å².